The van der Waals surface area contributed by atoms with Gasteiger partial charge in [0.05, 0.1) is 11.4 Å². The predicted octanol–water partition coefficient (Wildman–Crippen LogP) is 3.46. The van der Waals surface area contributed by atoms with Gasteiger partial charge in [0.2, 0.25) is 11.9 Å². The van der Waals surface area contributed by atoms with Crippen LogP contribution in [-0.4, -0.2) is 52.9 Å². The monoisotopic (exact) mass is 492 g/mol. The fourth-order valence-electron chi connectivity index (χ4n) is 3.51. The number of para-hydroxylation sites is 2. The molecular weight excluding hydrogens is 452 g/mol. The number of nitrogens with two attached hydrogens (primary N) is 4. The molecule has 0 aliphatic carbocycles. The Kier molecular flexibility index (Phi) is 11.8. The highest BCUT2D eigenvalue weighted by molar-refractivity contribution is 5.96. The van der Waals surface area contributed by atoms with Gasteiger partial charge in [-0.25, -0.2) is 9.98 Å². The van der Waals surface area contributed by atoms with Crippen molar-refractivity contribution in [3.8, 4) is 0 Å². The molecule has 2 aromatic carbocycles. The van der Waals surface area contributed by atoms with Crippen molar-refractivity contribution in [3.05, 3.63) is 60.7 Å². The first-order valence-electron chi connectivity index (χ1n) is 12.4. The van der Waals surface area contributed by atoms with Crippen molar-refractivity contribution in [2.45, 2.75) is 52.6 Å². The maximum absolute atomic E-state index is 5.83. The molecule has 10 heteroatoms. The van der Waals surface area contributed by atoms with Crippen molar-refractivity contribution in [1.29, 1.82) is 0 Å². The van der Waals surface area contributed by atoms with Crippen molar-refractivity contribution >= 4 is 35.2 Å². The summed E-state index contributed by atoms with van der Waals surface area (Å²) in [5.74, 6) is 0.682. The maximum Gasteiger partial charge on any atom is 0.230 e. The standard InChI is InChI=1S/C26H40N10/c1-4-6-18-35(25(33-23(27)28)31-21-14-10-8-11-15-21)20(3)36(19-7-5-2)26(34-24(29)30)32-22-16-12-9-13-17-22/h8-17,20H,4-7,18-19H2,1-3H3,(H4,27,28,31,33)(H4,29,30,32,34). The lowest BCUT2D eigenvalue weighted by atomic mass is 10.2. The molecule has 0 aliphatic rings. The summed E-state index contributed by atoms with van der Waals surface area (Å²) in [6.07, 6.45) is 3.52. The smallest absolute Gasteiger partial charge is 0.230 e. The molecule has 2 rings (SSSR count). The zero-order valence-corrected chi connectivity index (χ0v) is 21.6. The Labute approximate surface area is 214 Å². The van der Waals surface area contributed by atoms with Crippen LogP contribution in [0.4, 0.5) is 11.4 Å². The minimum absolute atomic E-state index is 0.0686. The quantitative estimate of drug-likeness (QED) is 0.226. The normalized spacial score (nSPS) is 12.5. The third kappa shape index (κ3) is 9.28. The molecule has 8 N–H and O–H groups in total. The predicted molar refractivity (Wildman–Crippen MR) is 151 cm³/mol. The molecule has 0 aliphatic heterocycles. The van der Waals surface area contributed by atoms with Crippen molar-refractivity contribution in [2.75, 3.05) is 13.1 Å². The molecule has 0 saturated heterocycles. The molecule has 0 saturated carbocycles. The van der Waals surface area contributed by atoms with Crippen molar-refractivity contribution in [2.24, 2.45) is 42.9 Å². The molecule has 0 heterocycles. The van der Waals surface area contributed by atoms with Gasteiger partial charge in [0.15, 0.2) is 11.9 Å². The number of hydrogen-bond acceptors (Lipinski definition) is 2. The van der Waals surface area contributed by atoms with Gasteiger partial charge in [-0.05, 0) is 44.0 Å². The molecule has 0 aromatic heterocycles. The van der Waals surface area contributed by atoms with Crippen LogP contribution in [0.1, 0.15) is 46.5 Å². The van der Waals surface area contributed by atoms with E-state index in [-0.39, 0.29) is 18.1 Å². The summed E-state index contributed by atoms with van der Waals surface area (Å²) in [6.45, 7) is 7.66. The van der Waals surface area contributed by atoms with Crippen LogP contribution in [0.3, 0.4) is 0 Å². The third-order valence-corrected chi connectivity index (χ3v) is 5.35. The van der Waals surface area contributed by atoms with Crippen LogP contribution >= 0.6 is 0 Å². The molecule has 0 unspecified atom stereocenters. The van der Waals surface area contributed by atoms with E-state index in [1.165, 1.54) is 0 Å². The highest BCUT2D eigenvalue weighted by Crippen LogP contribution is 2.19. The van der Waals surface area contributed by atoms with Gasteiger partial charge in [-0.3, -0.25) is 0 Å². The van der Waals surface area contributed by atoms with Crippen LogP contribution in [-0.2, 0) is 0 Å². The summed E-state index contributed by atoms with van der Waals surface area (Å²) >= 11 is 0. The number of nitrogens with zero attached hydrogens (tertiary/aromatic N) is 6. The summed E-state index contributed by atoms with van der Waals surface area (Å²) in [5, 5.41) is 0. The van der Waals surface area contributed by atoms with Gasteiger partial charge in [-0.2, -0.15) is 9.98 Å². The van der Waals surface area contributed by atoms with E-state index in [1.807, 2.05) is 60.7 Å². The van der Waals surface area contributed by atoms with E-state index < -0.39 is 0 Å². The first kappa shape index (κ1) is 28.2. The van der Waals surface area contributed by atoms with Crippen molar-refractivity contribution < 1.29 is 0 Å². The van der Waals surface area contributed by atoms with Crippen LogP contribution in [0.25, 0.3) is 0 Å². The van der Waals surface area contributed by atoms with E-state index in [9.17, 15) is 0 Å². The van der Waals surface area contributed by atoms with Gasteiger partial charge in [0.1, 0.15) is 6.17 Å². The number of benzene rings is 2. The molecular formula is C26H40N10. The lowest BCUT2D eigenvalue weighted by Crippen LogP contribution is -2.52. The minimum Gasteiger partial charge on any atom is -0.370 e. The zero-order valence-electron chi connectivity index (χ0n) is 21.6. The highest BCUT2D eigenvalue weighted by Gasteiger charge is 2.27. The van der Waals surface area contributed by atoms with Crippen molar-refractivity contribution in [3.63, 3.8) is 0 Å². The number of unbranched alkanes of at least 4 members (excludes halogenated alkanes) is 2. The summed E-state index contributed by atoms with van der Waals surface area (Å²) in [6, 6.07) is 19.2. The van der Waals surface area contributed by atoms with Crippen LogP contribution < -0.4 is 22.9 Å². The average molecular weight is 493 g/mol. The molecule has 0 spiro atoms. The number of hydrogen-bond donors (Lipinski definition) is 4. The second-order valence-electron chi connectivity index (χ2n) is 8.29. The average Bonchev–Trinajstić information content (AvgIpc) is 2.85. The lowest BCUT2D eigenvalue weighted by Gasteiger charge is -2.39. The fraction of sp³-hybridized carbons (Fsp3) is 0.385. The van der Waals surface area contributed by atoms with Crippen LogP contribution in [0.5, 0.6) is 0 Å². The van der Waals surface area contributed by atoms with Gasteiger partial charge in [-0.1, -0.05) is 63.1 Å². The number of aliphatic imine (C=N–C) groups is 4. The van der Waals surface area contributed by atoms with Crippen LogP contribution in [0, 0.1) is 0 Å². The fourth-order valence-corrected chi connectivity index (χ4v) is 3.51. The van der Waals surface area contributed by atoms with E-state index >= 15 is 0 Å². The van der Waals surface area contributed by atoms with Gasteiger partial charge >= 0.3 is 0 Å². The molecule has 0 amide bonds. The molecule has 0 atom stereocenters. The number of guanidine groups is 4. The largest absolute Gasteiger partial charge is 0.370 e. The summed E-state index contributed by atoms with van der Waals surface area (Å²) < 4.78 is 0. The first-order chi connectivity index (χ1) is 17.3. The summed E-state index contributed by atoms with van der Waals surface area (Å²) in [5.41, 5.74) is 24.8. The Morgan fingerprint density at radius 2 is 1.03 bits per heavy atom. The van der Waals surface area contributed by atoms with Gasteiger partial charge < -0.3 is 32.7 Å². The van der Waals surface area contributed by atoms with Gasteiger partial charge in [0.25, 0.3) is 0 Å². The molecule has 194 valence electrons. The molecule has 0 fully saturated rings. The Hall–Kier alpha value is -4.08. The first-order valence-corrected chi connectivity index (χ1v) is 12.4. The zero-order chi connectivity index (χ0) is 26.3. The molecule has 0 radical (unpaired) electrons. The van der Waals surface area contributed by atoms with E-state index in [4.69, 9.17) is 32.9 Å². The second-order valence-corrected chi connectivity index (χ2v) is 8.29. The lowest BCUT2D eigenvalue weighted by molar-refractivity contribution is 0.169. The van der Waals surface area contributed by atoms with Gasteiger partial charge in [0, 0.05) is 13.1 Å². The maximum atomic E-state index is 5.83. The molecule has 10 nitrogen and oxygen atoms in total. The Balaban J connectivity index is 2.63. The van der Waals surface area contributed by atoms with Gasteiger partial charge in [-0.15, -0.1) is 0 Å². The Bertz CT molecular complexity index is 940. The second kappa shape index (κ2) is 15.0. The Morgan fingerprint density at radius 3 is 1.33 bits per heavy atom. The van der Waals surface area contributed by atoms with Crippen molar-refractivity contribution in [1.82, 2.24) is 9.80 Å². The summed E-state index contributed by atoms with van der Waals surface area (Å²) in [7, 11) is 0. The van der Waals surface area contributed by atoms with Crippen LogP contribution in [0.15, 0.2) is 80.6 Å². The van der Waals surface area contributed by atoms with E-state index in [0.29, 0.717) is 25.0 Å². The number of rotatable bonds is 10. The van der Waals surface area contributed by atoms with Crippen LogP contribution in [0.2, 0.25) is 0 Å². The molecule has 0 bridgehead atoms. The highest BCUT2D eigenvalue weighted by atomic mass is 15.4. The van der Waals surface area contributed by atoms with E-state index in [2.05, 4.69) is 40.6 Å². The minimum atomic E-state index is -0.265. The topological polar surface area (TPSA) is 160 Å². The summed E-state index contributed by atoms with van der Waals surface area (Å²) in [4.78, 5) is 22.5. The third-order valence-electron chi connectivity index (χ3n) is 5.35. The molecule has 36 heavy (non-hydrogen) atoms. The van der Waals surface area contributed by atoms with E-state index in [0.717, 1.165) is 37.1 Å². The van der Waals surface area contributed by atoms with E-state index in [1.54, 1.807) is 0 Å². The SMILES string of the molecule is CCCCN(C(N=C(N)N)=Nc1ccccc1)C(C)N(CCCC)C(N=C(N)N)=Nc1ccccc1. The Morgan fingerprint density at radius 1 is 0.667 bits per heavy atom. The molecule has 2 aromatic rings.